The van der Waals surface area contributed by atoms with E-state index < -0.39 is 0 Å². The van der Waals surface area contributed by atoms with Crippen LogP contribution >= 0.6 is 0 Å². The van der Waals surface area contributed by atoms with Gasteiger partial charge in [-0.3, -0.25) is 14.5 Å². The van der Waals surface area contributed by atoms with Crippen LogP contribution in [0.15, 0.2) is 0 Å². The molecule has 5 heteroatoms. The molecule has 1 saturated carbocycles. The molecule has 0 bridgehead atoms. The van der Waals surface area contributed by atoms with E-state index in [2.05, 4.69) is 10.2 Å². The normalized spacial score (nSPS) is 32.6. The quantitative estimate of drug-likeness (QED) is 0.722. The fourth-order valence-corrected chi connectivity index (χ4v) is 3.28. The Morgan fingerprint density at radius 2 is 2.05 bits per heavy atom. The van der Waals surface area contributed by atoms with E-state index in [-0.39, 0.29) is 17.9 Å². The van der Waals surface area contributed by atoms with Crippen LogP contribution in [0.1, 0.15) is 32.6 Å². The van der Waals surface area contributed by atoms with Crippen LogP contribution in [-0.4, -0.2) is 59.9 Å². The second kappa shape index (κ2) is 5.21. The van der Waals surface area contributed by atoms with Gasteiger partial charge in [-0.1, -0.05) is 0 Å². The third kappa shape index (κ3) is 2.67. The molecule has 2 unspecified atom stereocenters. The standard InChI is InChI=1S/C14H23N3O2/c1-2-17-13(18)7-12(14(17)19)15-8-10-5-6-16(9-10)11-3-4-11/h10-12,15H,2-9H2,1H3. The molecule has 3 aliphatic rings. The zero-order chi connectivity index (χ0) is 13.4. The highest BCUT2D eigenvalue weighted by Gasteiger charge is 2.38. The smallest absolute Gasteiger partial charge is 0.246 e. The lowest BCUT2D eigenvalue weighted by Crippen LogP contribution is -2.41. The second-order valence-electron chi connectivity index (χ2n) is 6.02. The van der Waals surface area contributed by atoms with Crippen molar-refractivity contribution in [2.24, 2.45) is 5.92 Å². The molecule has 106 valence electrons. The minimum Gasteiger partial charge on any atom is -0.305 e. The number of likely N-dealkylation sites (tertiary alicyclic amines) is 2. The molecular weight excluding hydrogens is 242 g/mol. The summed E-state index contributed by atoms with van der Waals surface area (Å²) < 4.78 is 0. The number of carbonyl (C=O) groups is 2. The predicted octanol–water partition coefficient (Wildman–Crippen LogP) is 0.208. The highest BCUT2D eigenvalue weighted by molar-refractivity contribution is 6.05. The van der Waals surface area contributed by atoms with E-state index in [1.54, 1.807) is 0 Å². The number of carbonyl (C=O) groups excluding carboxylic acids is 2. The van der Waals surface area contributed by atoms with E-state index >= 15 is 0 Å². The summed E-state index contributed by atoms with van der Waals surface area (Å²) in [5.74, 6) is 0.569. The molecule has 0 aromatic heterocycles. The summed E-state index contributed by atoms with van der Waals surface area (Å²) in [7, 11) is 0. The van der Waals surface area contributed by atoms with Crippen LogP contribution in [0, 0.1) is 5.92 Å². The maximum absolute atomic E-state index is 12.0. The first-order valence-corrected chi connectivity index (χ1v) is 7.50. The number of hydrogen-bond acceptors (Lipinski definition) is 4. The van der Waals surface area contributed by atoms with Crippen LogP contribution in [-0.2, 0) is 9.59 Å². The number of nitrogens with one attached hydrogen (secondary N) is 1. The van der Waals surface area contributed by atoms with Gasteiger partial charge in [-0.05, 0) is 45.2 Å². The predicted molar refractivity (Wildman–Crippen MR) is 71.5 cm³/mol. The summed E-state index contributed by atoms with van der Waals surface area (Å²) in [6.45, 7) is 5.57. The fraction of sp³-hybridized carbons (Fsp3) is 0.857. The minimum atomic E-state index is -0.276. The van der Waals surface area contributed by atoms with Crippen molar-refractivity contribution in [2.45, 2.75) is 44.7 Å². The first kappa shape index (κ1) is 13.1. The molecule has 2 saturated heterocycles. The topological polar surface area (TPSA) is 52.7 Å². The van der Waals surface area contributed by atoms with E-state index in [9.17, 15) is 9.59 Å². The van der Waals surface area contributed by atoms with Gasteiger partial charge in [0.1, 0.15) is 0 Å². The van der Waals surface area contributed by atoms with E-state index in [1.807, 2.05) is 6.92 Å². The highest BCUT2D eigenvalue weighted by atomic mass is 16.2. The molecule has 2 heterocycles. The Bertz CT molecular complexity index is 381. The Kier molecular flexibility index (Phi) is 3.58. The van der Waals surface area contributed by atoms with Crippen molar-refractivity contribution < 1.29 is 9.59 Å². The monoisotopic (exact) mass is 265 g/mol. The van der Waals surface area contributed by atoms with Gasteiger partial charge in [-0.15, -0.1) is 0 Å². The lowest BCUT2D eigenvalue weighted by atomic mass is 10.1. The molecule has 1 aliphatic carbocycles. The minimum absolute atomic E-state index is 0.0315. The first-order chi connectivity index (χ1) is 9.19. The van der Waals surface area contributed by atoms with Gasteiger partial charge in [0, 0.05) is 19.1 Å². The first-order valence-electron chi connectivity index (χ1n) is 7.50. The van der Waals surface area contributed by atoms with Crippen molar-refractivity contribution in [1.82, 2.24) is 15.1 Å². The Hall–Kier alpha value is -0.940. The van der Waals surface area contributed by atoms with Crippen molar-refractivity contribution in [2.75, 3.05) is 26.2 Å². The number of nitrogens with zero attached hydrogens (tertiary/aromatic N) is 2. The summed E-state index contributed by atoms with van der Waals surface area (Å²) in [5, 5.41) is 3.31. The molecule has 2 atom stereocenters. The Morgan fingerprint density at radius 1 is 1.26 bits per heavy atom. The van der Waals surface area contributed by atoms with Gasteiger partial charge in [0.25, 0.3) is 0 Å². The van der Waals surface area contributed by atoms with Gasteiger partial charge < -0.3 is 10.2 Å². The van der Waals surface area contributed by atoms with Crippen molar-refractivity contribution in [3.63, 3.8) is 0 Å². The maximum atomic E-state index is 12.0. The summed E-state index contributed by atoms with van der Waals surface area (Å²) in [4.78, 5) is 27.5. The molecule has 5 nitrogen and oxygen atoms in total. The molecule has 19 heavy (non-hydrogen) atoms. The lowest BCUT2D eigenvalue weighted by molar-refractivity contribution is -0.138. The summed E-state index contributed by atoms with van der Waals surface area (Å²) in [6, 6.07) is 0.567. The van der Waals surface area contributed by atoms with Gasteiger partial charge in [0.2, 0.25) is 11.8 Å². The van der Waals surface area contributed by atoms with Crippen molar-refractivity contribution >= 4 is 11.8 Å². The average molecular weight is 265 g/mol. The number of imide groups is 1. The Balaban J connectivity index is 1.45. The van der Waals surface area contributed by atoms with Gasteiger partial charge in [0.05, 0.1) is 12.5 Å². The molecule has 0 aromatic rings. The van der Waals surface area contributed by atoms with Crippen molar-refractivity contribution in [1.29, 1.82) is 0 Å². The molecule has 2 amide bonds. The third-order valence-corrected chi connectivity index (χ3v) is 4.59. The van der Waals surface area contributed by atoms with Crippen LogP contribution in [0.4, 0.5) is 0 Å². The van der Waals surface area contributed by atoms with E-state index in [1.165, 1.54) is 30.7 Å². The SMILES string of the molecule is CCN1C(=O)CC(NCC2CCN(C3CC3)C2)C1=O. The van der Waals surface area contributed by atoms with Crippen molar-refractivity contribution in [3.05, 3.63) is 0 Å². The van der Waals surface area contributed by atoms with Crippen LogP contribution < -0.4 is 5.32 Å². The summed E-state index contributed by atoms with van der Waals surface area (Å²) in [6.07, 6.45) is 4.28. The number of likely N-dealkylation sites (N-methyl/N-ethyl adjacent to an activating group) is 1. The van der Waals surface area contributed by atoms with Gasteiger partial charge in [0.15, 0.2) is 0 Å². The lowest BCUT2D eigenvalue weighted by Gasteiger charge is -2.17. The van der Waals surface area contributed by atoms with E-state index in [0.717, 1.165) is 19.1 Å². The van der Waals surface area contributed by atoms with E-state index in [0.29, 0.717) is 18.9 Å². The molecule has 0 radical (unpaired) electrons. The number of rotatable bonds is 5. The molecule has 2 aliphatic heterocycles. The molecule has 0 aromatic carbocycles. The van der Waals surface area contributed by atoms with E-state index in [4.69, 9.17) is 0 Å². The Labute approximate surface area is 114 Å². The molecule has 3 fully saturated rings. The number of hydrogen-bond donors (Lipinski definition) is 1. The Morgan fingerprint density at radius 3 is 2.68 bits per heavy atom. The molecular formula is C14H23N3O2. The average Bonchev–Trinajstić information content (AvgIpc) is 3.07. The van der Waals surface area contributed by atoms with Crippen LogP contribution in [0.5, 0.6) is 0 Å². The van der Waals surface area contributed by atoms with Crippen LogP contribution in [0.25, 0.3) is 0 Å². The second-order valence-corrected chi connectivity index (χ2v) is 6.02. The van der Waals surface area contributed by atoms with Gasteiger partial charge >= 0.3 is 0 Å². The number of amides is 2. The van der Waals surface area contributed by atoms with Gasteiger partial charge in [-0.25, -0.2) is 0 Å². The zero-order valence-electron chi connectivity index (χ0n) is 11.6. The summed E-state index contributed by atoms with van der Waals surface area (Å²) >= 11 is 0. The van der Waals surface area contributed by atoms with Crippen molar-refractivity contribution in [3.8, 4) is 0 Å². The molecule has 0 spiro atoms. The van der Waals surface area contributed by atoms with Crippen LogP contribution in [0.2, 0.25) is 0 Å². The summed E-state index contributed by atoms with van der Waals surface area (Å²) in [5.41, 5.74) is 0. The molecule has 1 N–H and O–H groups in total. The highest BCUT2D eigenvalue weighted by Crippen LogP contribution is 2.31. The maximum Gasteiger partial charge on any atom is 0.246 e. The molecule has 3 rings (SSSR count). The largest absolute Gasteiger partial charge is 0.305 e. The van der Waals surface area contributed by atoms with Crippen LogP contribution in [0.3, 0.4) is 0 Å². The zero-order valence-corrected chi connectivity index (χ0v) is 11.6. The third-order valence-electron chi connectivity index (χ3n) is 4.59. The van der Waals surface area contributed by atoms with Gasteiger partial charge in [-0.2, -0.15) is 0 Å². The fourth-order valence-electron chi connectivity index (χ4n) is 3.28.